The molecule has 1 amide bonds. The van der Waals surface area contributed by atoms with E-state index in [9.17, 15) is 9.59 Å². The number of rotatable bonds is 6. The Balaban J connectivity index is 1.82. The van der Waals surface area contributed by atoms with E-state index >= 15 is 0 Å². The number of hydrogen-bond acceptors (Lipinski definition) is 4. The molecule has 5 nitrogen and oxygen atoms in total. The minimum atomic E-state index is -0.351. The molecule has 1 aliphatic carbocycles. The van der Waals surface area contributed by atoms with Crippen molar-refractivity contribution < 1.29 is 4.79 Å². The van der Waals surface area contributed by atoms with Crippen molar-refractivity contribution in [3.63, 3.8) is 0 Å². The van der Waals surface area contributed by atoms with E-state index in [1.165, 1.54) is 37.4 Å². The Hall–Kier alpha value is -1.79. The van der Waals surface area contributed by atoms with Gasteiger partial charge in [-0.1, -0.05) is 55.1 Å². The van der Waals surface area contributed by atoms with Crippen molar-refractivity contribution >= 4 is 40.2 Å². The molecular weight excluding hydrogens is 394 g/mol. The lowest BCUT2D eigenvalue weighted by Crippen LogP contribution is -2.39. The highest BCUT2D eigenvalue weighted by Crippen LogP contribution is 2.25. The Morgan fingerprint density at radius 3 is 2.79 bits per heavy atom. The van der Waals surface area contributed by atoms with Crippen LogP contribution in [0.2, 0.25) is 5.02 Å². The molecule has 1 aromatic heterocycles. The van der Waals surface area contributed by atoms with Crippen LogP contribution in [0.5, 0.6) is 0 Å². The summed E-state index contributed by atoms with van der Waals surface area (Å²) in [6.45, 7) is 5.92. The van der Waals surface area contributed by atoms with Crippen molar-refractivity contribution in [2.24, 2.45) is 0 Å². The van der Waals surface area contributed by atoms with Gasteiger partial charge in [-0.05, 0) is 38.0 Å². The van der Waals surface area contributed by atoms with E-state index < -0.39 is 0 Å². The third kappa shape index (κ3) is 4.97. The van der Waals surface area contributed by atoms with Gasteiger partial charge in [0.15, 0.2) is 5.16 Å². The summed E-state index contributed by atoms with van der Waals surface area (Å²) in [6.07, 6.45) is 8.56. The van der Waals surface area contributed by atoms with Crippen LogP contribution in [0.25, 0.3) is 10.9 Å². The van der Waals surface area contributed by atoms with Crippen LogP contribution < -0.4 is 10.9 Å². The van der Waals surface area contributed by atoms with Crippen LogP contribution in [0.15, 0.2) is 40.8 Å². The van der Waals surface area contributed by atoms with Crippen molar-refractivity contribution in [2.75, 3.05) is 0 Å². The lowest BCUT2D eigenvalue weighted by atomic mass is 10.1. The van der Waals surface area contributed by atoms with Gasteiger partial charge < -0.3 is 5.32 Å². The number of nitrogens with one attached hydrogen (secondary N) is 1. The Labute approximate surface area is 174 Å². The fraction of sp³-hybridized carbons (Fsp3) is 0.476. The number of fused-ring (bicyclic) bond motifs is 1. The third-order valence-electron chi connectivity index (χ3n) is 5.05. The van der Waals surface area contributed by atoms with Crippen molar-refractivity contribution in [1.29, 1.82) is 0 Å². The molecule has 1 atom stereocenters. The average molecular weight is 420 g/mol. The fourth-order valence-corrected chi connectivity index (χ4v) is 4.61. The highest BCUT2D eigenvalue weighted by Gasteiger charge is 2.22. The van der Waals surface area contributed by atoms with E-state index in [1.807, 2.05) is 6.92 Å². The van der Waals surface area contributed by atoms with Crippen molar-refractivity contribution in [3.05, 3.63) is 46.2 Å². The van der Waals surface area contributed by atoms with Crippen molar-refractivity contribution in [2.45, 2.75) is 68.4 Å². The highest BCUT2D eigenvalue weighted by atomic mass is 35.5. The average Bonchev–Trinajstić information content (AvgIpc) is 2.94. The summed E-state index contributed by atoms with van der Waals surface area (Å²) in [7, 11) is 0. The SMILES string of the molecule is C=CCn1c(S[C@@H](C)C(=O)NC2CCCCCC2)nc2ccc(Cl)cc2c1=O. The molecular formula is C21H26ClN3O2S. The quantitative estimate of drug-likeness (QED) is 0.322. The van der Waals surface area contributed by atoms with E-state index in [0.717, 1.165) is 12.8 Å². The van der Waals surface area contributed by atoms with Gasteiger partial charge in [-0.3, -0.25) is 14.2 Å². The summed E-state index contributed by atoms with van der Waals surface area (Å²) in [5.41, 5.74) is 0.403. The van der Waals surface area contributed by atoms with E-state index in [1.54, 1.807) is 28.8 Å². The lowest BCUT2D eigenvalue weighted by Gasteiger charge is -2.20. The van der Waals surface area contributed by atoms with Gasteiger partial charge in [0.25, 0.3) is 5.56 Å². The Kier molecular flexibility index (Phi) is 7.18. The van der Waals surface area contributed by atoms with Crippen LogP contribution >= 0.6 is 23.4 Å². The van der Waals surface area contributed by atoms with E-state index in [0.29, 0.717) is 27.6 Å². The number of benzene rings is 1. The van der Waals surface area contributed by atoms with Gasteiger partial charge in [-0.15, -0.1) is 6.58 Å². The maximum Gasteiger partial charge on any atom is 0.262 e. The molecule has 0 aliphatic heterocycles. The molecule has 0 spiro atoms. The number of carbonyl (C=O) groups excluding carboxylic acids is 1. The topological polar surface area (TPSA) is 64.0 Å². The summed E-state index contributed by atoms with van der Waals surface area (Å²) < 4.78 is 1.55. The molecule has 7 heteroatoms. The molecule has 1 aromatic carbocycles. The predicted molar refractivity (Wildman–Crippen MR) is 116 cm³/mol. The largest absolute Gasteiger partial charge is 0.352 e. The van der Waals surface area contributed by atoms with E-state index in [-0.39, 0.29) is 22.8 Å². The Bertz CT molecular complexity index is 920. The molecule has 0 radical (unpaired) electrons. The van der Waals surface area contributed by atoms with Gasteiger partial charge >= 0.3 is 0 Å². The Morgan fingerprint density at radius 1 is 1.39 bits per heavy atom. The molecule has 3 rings (SSSR count). The standard InChI is InChI=1S/C21H26ClN3O2S/c1-3-12-25-20(27)17-13-15(22)10-11-18(17)24-21(25)28-14(2)19(26)23-16-8-6-4-5-7-9-16/h3,10-11,13-14,16H,1,4-9,12H2,2H3,(H,23,26)/t14-/m0/s1. The number of hydrogen-bond donors (Lipinski definition) is 1. The van der Waals surface area contributed by atoms with Crippen molar-refractivity contribution in [1.82, 2.24) is 14.9 Å². The number of allylic oxidation sites excluding steroid dienone is 1. The maximum absolute atomic E-state index is 12.9. The summed E-state index contributed by atoms with van der Waals surface area (Å²) in [4.78, 5) is 30.2. The molecule has 1 saturated carbocycles. The first kappa shape index (κ1) is 20.9. The van der Waals surface area contributed by atoms with E-state index in [4.69, 9.17) is 11.6 Å². The second-order valence-corrected chi connectivity index (χ2v) is 8.96. The first-order valence-electron chi connectivity index (χ1n) is 9.77. The third-order valence-corrected chi connectivity index (χ3v) is 6.37. The zero-order valence-electron chi connectivity index (χ0n) is 16.1. The van der Waals surface area contributed by atoms with Gasteiger partial charge in [0, 0.05) is 17.6 Å². The smallest absolute Gasteiger partial charge is 0.262 e. The molecule has 0 saturated heterocycles. The van der Waals surface area contributed by atoms with Crippen LogP contribution in [-0.4, -0.2) is 26.8 Å². The normalized spacial score (nSPS) is 16.5. The molecule has 2 aromatic rings. The first-order chi connectivity index (χ1) is 13.5. The number of halogens is 1. The molecule has 150 valence electrons. The number of thioether (sulfide) groups is 1. The summed E-state index contributed by atoms with van der Waals surface area (Å²) in [6, 6.07) is 5.32. The minimum Gasteiger partial charge on any atom is -0.352 e. The molecule has 1 N–H and O–H groups in total. The molecule has 28 heavy (non-hydrogen) atoms. The van der Waals surface area contributed by atoms with Crippen LogP contribution in [0.3, 0.4) is 0 Å². The lowest BCUT2D eigenvalue weighted by molar-refractivity contribution is -0.121. The van der Waals surface area contributed by atoms with Gasteiger partial charge in [0.05, 0.1) is 16.2 Å². The number of aromatic nitrogens is 2. The molecule has 1 aliphatic rings. The number of amides is 1. The van der Waals surface area contributed by atoms with Crippen LogP contribution in [0.4, 0.5) is 0 Å². The van der Waals surface area contributed by atoms with Crippen LogP contribution in [0.1, 0.15) is 45.4 Å². The highest BCUT2D eigenvalue weighted by molar-refractivity contribution is 8.00. The monoisotopic (exact) mass is 419 g/mol. The molecule has 1 heterocycles. The zero-order valence-corrected chi connectivity index (χ0v) is 17.7. The minimum absolute atomic E-state index is 0.00694. The molecule has 0 unspecified atom stereocenters. The number of nitrogens with zero attached hydrogens (tertiary/aromatic N) is 2. The maximum atomic E-state index is 12.9. The fourth-order valence-electron chi connectivity index (χ4n) is 3.51. The molecule has 0 bridgehead atoms. The van der Waals surface area contributed by atoms with Gasteiger partial charge in [0.2, 0.25) is 5.91 Å². The van der Waals surface area contributed by atoms with Crippen LogP contribution in [0, 0.1) is 0 Å². The summed E-state index contributed by atoms with van der Waals surface area (Å²) in [5, 5.41) is 4.30. The molecule has 1 fully saturated rings. The second-order valence-electron chi connectivity index (χ2n) is 7.22. The van der Waals surface area contributed by atoms with Crippen LogP contribution in [-0.2, 0) is 11.3 Å². The second kappa shape index (κ2) is 9.61. The summed E-state index contributed by atoms with van der Waals surface area (Å²) in [5.74, 6) is -0.00694. The number of carbonyl (C=O) groups is 1. The zero-order chi connectivity index (χ0) is 20.1. The van der Waals surface area contributed by atoms with Gasteiger partial charge in [-0.2, -0.15) is 0 Å². The predicted octanol–water partition coefficient (Wildman–Crippen LogP) is 4.56. The van der Waals surface area contributed by atoms with Gasteiger partial charge in [-0.25, -0.2) is 4.98 Å². The van der Waals surface area contributed by atoms with E-state index in [2.05, 4.69) is 16.9 Å². The van der Waals surface area contributed by atoms with Crippen molar-refractivity contribution in [3.8, 4) is 0 Å². The summed E-state index contributed by atoms with van der Waals surface area (Å²) >= 11 is 7.34. The first-order valence-corrected chi connectivity index (χ1v) is 11.0. The Morgan fingerprint density at radius 2 is 2.11 bits per heavy atom. The van der Waals surface area contributed by atoms with Gasteiger partial charge in [0.1, 0.15) is 0 Å².